The average Bonchev–Trinajstić information content (AvgIpc) is 3.70. The lowest BCUT2D eigenvalue weighted by molar-refractivity contribution is -0.136. The number of hydrogen-bond acceptors (Lipinski definition) is 12. The van der Waals surface area contributed by atoms with Crippen molar-refractivity contribution in [3.63, 3.8) is 0 Å². The van der Waals surface area contributed by atoms with Crippen LogP contribution in [0.15, 0.2) is 83.5 Å². The first-order valence-electron chi connectivity index (χ1n) is 17.8. The fraction of sp³-hybridized carbons (Fsp3) is 0.300. The molecule has 0 bridgehead atoms. The van der Waals surface area contributed by atoms with Gasteiger partial charge in [-0.1, -0.05) is 43.3 Å². The van der Waals surface area contributed by atoms with Crippen LogP contribution < -0.4 is 20.1 Å². The molecule has 2 N–H and O–H groups in total. The van der Waals surface area contributed by atoms with Crippen LogP contribution in [0.5, 0.6) is 11.5 Å². The predicted octanol–water partition coefficient (Wildman–Crippen LogP) is 5.16. The molecule has 1 saturated carbocycles. The highest BCUT2D eigenvalue weighted by Gasteiger charge is 2.45. The van der Waals surface area contributed by atoms with Crippen molar-refractivity contribution in [2.24, 2.45) is 0 Å². The number of ether oxygens (including phenoxy) is 2. The van der Waals surface area contributed by atoms with E-state index in [0.29, 0.717) is 23.0 Å². The van der Waals surface area contributed by atoms with E-state index in [1.807, 2.05) is 24.3 Å². The van der Waals surface area contributed by atoms with Crippen molar-refractivity contribution in [1.29, 1.82) is 0 Å². The van der Waals surface area contributed by atoms with Gasteiger partial charge in [0.25, 0.3) is 17.7 Å². The Morgan fingerprint density at radius 3 is 2.28 bits per heavy atom. The molecule has 1 atom stereocenters. The Labute approximate surface area is 310 Å². The SMILES string of the molecule is Cc1noc(-c2nccc(COc3ccc(C(C)(C)c4ccc(O[C@H]5C[C@H](Nc6ccc7c(c6)C(=O)N(C6CCC(=O)NC6=O)C7=O)C5)cc4)cc3)n2)n1. The van der Waals surface area contributed by atoms with Gasteiger partial charge < -0.3 is 19.3 Å². The lowest BCUT2D eigenvalue weighted by atomic mass is 9.78. The van der Waals surface area contributed by atoms with Crippen molar-refractivity contribution in [2.45, 2.75) is 76.7 Å². The second kappa shape index (κ2) is 13.8. The fourth-order valence-corrected chi connectivity index (χ4v) is 6.98. The minimum atomic E-state index is -0.990. The second-order valence-corrected chi connectivity index (χ2v) is 14.2. The molecule has 1 unspecified atom stereocenters. The Kier molecular flexibility index (Phi) is 8.88. The number of amides is 4. The molecule has 2 fully saturated rings. The molecule has 1 aliphatic carbocycles. The number of rotatable bonds is 11. The van der Waals surface area contributed by atoms with Gasteiger partial charge in [0.05, 0.1) is 16.8 Å². The molecule has 2 aliphatic heterocycles. The Morgan fingerprint density at radius 1 is 0.889 bits per heavy atom. The number of nitrogens with one attached hydrogen (secondary N) is 2. The highest BCUT2D eigenvalue weighted by Crippen LogP contribution is 2.36. The number of carbonyl (C=O) groups is 4. The van der Waals surface area contributed by atoms with Gasteiger partial charge in [-0.15, -0.1) is 0 Å². The number of hydrogen-bond donors (Lipinski definition) is 2. The molecule has 14 nitrogen and oxygen atoms in total. The lowest BCUT2D eigenvalue weighted by Crippen LogP contribution is -2.54. The summed E-state index contributed by atoms with van der Waals surface area (Å²) < 4.78 is 17.4. The van der Waals surface area contributed by atoms with Gasteiger partial charge in [0.1, 0.15) is 30.3 Å². The summed E-state index contributed by atoms with van der Waals surface area (Å²) in [5.74, 6) is 0.571. The van der Waals surface area contributed by atoms with E-state index in [0.717, 1.165) is 40.4 Å². The molecule has 54 heavy (non-hydrogen) atoms. The second-order valence-electron chi connectivity index (χ2n) is 14.2. The number of aromatic nitrogens is 4. The van der Waals surface area contributed by atoms with Gasteiger partial charge in [-0.25, -0.2) is 9.97 Å². The molecular formula is C40H37N7O7. The van der Waals surface area contributed by atoms with Crippen LogP contribution in [-0.2, 0) is 21.6 Å². The quantitative estimate of drug-likeness (QED) is 0.171. The Bertz CT molecular complexity index is 2260. The summed E-state index contributed by atoms with van der Waals surface area (Å²) in [6, 6.07) is 22.2. The van der Waals surface area contributed by atoms with E-state index in [2.05, 4.69) is 68.9 Å². The highest BCUT2D eigenvalue weighted by atomic mass is 16.5. The third-order valence-electron chi connectivity index (χ3n) is 10.2. The maximum atomic E-state index is 13.2. The van der Waals surface area contributed by atoms with Gasteiger partial charge in [-0.2, -0.15) is 4.98 Å². The van der Waals surface area contributed by atoms with Crippen LogP contribution in [0.3, 0.4) is 0 Å². The standard InChI is InChI=1S/C40H37N7O7/c1-22-42-37(54-46-22)35-41-17-16-26(44-35)21-52-28-9-4-23(5-10-28)40(2,3)24-6-11-29(12-7-24)53-30-18-27(19-30)43-25-8-13-31-32(20-25)39(51)47(38(31)50)33-14-15-34(48)45-36(33)49/h4-13,16-17,20,27,30,33,43H,14-15,18-19,21H2,1-3H3,(H,45,48,49)/t27-,30-,33?. The van der Waals surface area contributed by atoms with Crippen LogP contribution in [0, 0.1) is 6.92 Å². The molecule has 8 rings (SSSR count). The van der Waals surface area contributed by atoms with Crippen LogP contribution in [0.2, 0.25) is 0 Å². The molecule has 2 aromatic heterocycles. The zero-order valence-corrected chi connectivity index (χ0v) is 29.9. The summed E-state index contributed by atoms with van der Waals surface area (Å²) in [5.41, 5.74) is 3.91. The van der Waals surface area contributed by atoms with Crippen LogP contribution in [0.1, 0.15) is 82.9 Å². The molecule has 274 valence electrons. The third-order valence-corrected chi connectivity index (χ3v) is 10.2. The number of piperidine rings is 1. The zero-order valence-electron chi connectivity index (χ0n) is 29.9. The van der Waals surface area contributed by atoms with Crippen molar-refractivity contribution in [1.82, 2.24) is 30.3 Å². The normalized spacial score (nSPS) is 19.6. The van der Waals surface area contributed by atoms with Gasteiger partial charge in [0, 0.05) is 42.6 Å². The van der Waals surface area contributed by atoms with Crippen LogP contribution in [0.25, 0.3) is 11.7 Å². The molecular weight excluding hydrogens is 690 g/mol. The van der Waals surface area contributed by atoms with Gasteiger partial charge >= 0.3 is 0 Å². The van der Waals surface area contributed by atoms with Crippen molar-refractivity contribution < 1.29 is 33.2 Å². The van der Waals surface area contributed by atoms with Gasteiger partial charge in [0.2, 0.25) is 17.6 Å². The van der Waals surface area contributed by atoms with E-state index in [9.17, 15) is 19.2 Å². The Hall–Kier alpha value is -6.44. The molecule has 4 amide bonds. The molecule has 5 aromatic rings. The average molecular weight is 728 g/mol. The molecule has 14 heteroatoms. The first-order valence-corrected chi connectivity index (χ1v) is 17.8. The maximum Gasteiger partial charge on any atom is 0.295 e. The van der Waals surface area contributed by atoms with Crippen LogP contribution >= 0.6 is 0 Å². The van der Waals surface area contributed by atoms with E-state index in [4.69, 9.17) is 14.0 Å². The first-order chi connectivity index (χ1) is 26.0. The van der Waals surface area contributed by atoms with Crippen LogP contribution in [-0.4, -0.2) is 66.8 Å². The summed E-state index contributed by atoms with van der Waals surface area (Å²) >= 11 is 0. The number of anilines is 1. The minimum absolute atomic E-state index is 0.0338. The molecule has 1 saturated heterocycles. The Balaban J connectivity index is 0.822. The van der Waals surface area contributed by atoms with Gasteiger partial charge in [0.15, 0.2) is 5.82 Å². The summed E-state index contributed by atoms with van der Waals surface area (Å²) in [5, 5.41) is 9.45. The molecule has 0 radical (unpaired) electrons. The highest BCUT2D eigenvalue weighted by molar-refractivity contribution is 6.23. The number of carbonyl (C=O) groups excluding carboxylic acids is 4. The smallest absolute Gasteiger partial charge is 0.295 e. The van der Waals surface area contributed by atoms with E-state index in [1.165, 1.54) is 0 Å². The summed E-state index contributed by atoms with van der Waals surface area (Å²) in [7, 11) is 0. The van der Waals surface area contributed by atoms with Gasteiger partial charge in [-0.05, 0) is 73.0 Å². The van der Waals surface area contributed by atoms with E-state index >= 15 is 0 Å². The van der Waals surface area contributed by atoms with Crippen LogP contribution in [0.4, 0.5) is 5.69 Å². The number of nitrogens with zero attached hydrogens (tertiary/aromatic N) is 5. The molecule has 4 heterocycles. The summed E-state index contributed by atoms with van der Waals surface area (Å²) in [6.45, 7) is 6.35. The maximum absolute atomic E-state index is 13.2. The zero-order chi connectivity index (χ0) is 37.6. The van der Waals surface area contributed by atoms with E-state index in [1.54, 1.807) is 37.4 Å². The topological polar surface area (TPSA) is 179 Å². The number of imide groups is 2. The molecule has 0 spiro atoms. The Morgan fingerprint density at radius 2 is 1.59 bits per heavy atom. The summed E-state index contributed by atoms with van der Waals surface area (Å²) in [4.78, 5) is 63.9. The predicted molar refractivity (Wildman–Crippen MR) is 194 cm³/mol. The van der Waals surface area contributed by atoms with Gasteiger partial charge in [-0.3, -0.25) is 29.4 Å². The molecule has 3 aromatic carbocycles. The van der Waals surface area contributed by atoms with E-state index in [-0.39, 0.29) is 54.0 Å². The molecule has 3 aliphatic rings. The van der Waals surface area contributed by atoms with Crippen molar-refractivity contribution >= 4 is 29.3 Å². The third kappa shape index (κ3) is 6.77. The van der Waals surface area contributed by atoms with Crippen molar-refractivity contribution in [3.05, 3.63) is 113 Å². The minimum Gasteiger partial charge on any atom is -0.490 e. The largest absolute Gasteiger partial charge is 0.490 e. The number of benzene rings is 3. The first kappa shape index (κ1) is 34.6. The van der Waals surface area contributed by atoms with Crippen molar-refractivity contribution in [3.8, 4) is 23.2 Å². The number of aryl methyl sites for hydroxylation is 1. The van der Waals surface area contributed by atoms with Crippen molar-refractivity contribution in [2.75, 3.05) is 5.32 Å². The summed E-state index contributed by atoms with van der Waals surface area (Å²) in [6.07, 6.45) is 3.41. The lowest BCUT2D eigenvalue weighted by Gasteiger charge is -2.36. The fourth-order valence-electron chi connectivity index (χ4n) is 6.98. The monoisotopic (exact) mass is 727 g/mol. The number of fused-ring (bicyclic) bond motifs is 1. The van der Waals surface area contributed by atoms with E-state index < -0.39 is 29.7 Å².